The summed E-state index contributed by atoms with van der Waals surface area (Å²) in [4.78, 5) is 14.3. The maximum absolute atomic E-state index is 4.88. The number of hydrogen-bond donors (Lipinski definition) is 0. The molecule has 0 bridgehead atoms. The van der Waals surface area contributed by atoms with Crippen LogP contribution in [0.2, 0.25) is 0 Å². The van der Waals surface area contributed by atoms with Crippen molar-refractivity contribution in [1.82, 2.24) is 9.80 Å². The third kappa shape index (κ3) is 3.79. The number of amidine groups is 1. The van der Waals surface area contributed by atoms with Gasteiger partial charge in [0.15, 0.2) is 0 Å². The van der Waals surface area contributed by atoms with Crippen molar-refractivity contribution in [2.45, 2.75) is 12.8 Å². The van der Waals surface area contributed by atoms with Gasteiger partial charge >= 0.3 is 0 Å². The van der Waals surface area contributed by atoms with E-state index in [-0.39, 0.29) is 0 Å². The van der Waals surface area contributed by atoms with Gasteiger partial charge in [-0.25, -0.2) is 4.99 Å². The molecule has 0 atom stereocenters. The Kier molecular flexibility index (Phi) is 4.80. The molecule has 0 unspecified atom stereocenters. The lowest BCUT2D eigenvalue weighted by atomic mass is 10.3. The van der Waals surface area contributed by atoms with Crippen molar-refractivity contribution in [1.29, 1.82) is 0 Å². The quantitative estimate of drug-likeness (QED) is 0.590. The molecular weight excluding hydrogens is 280 g/mol. The average molecular weight is 302 g/mol. The number of rotatable bonds is 1. The van der Waals surface area contributed by atoms with E-state index in [1.54, 1.807) is 0 Å². The number of likely N-dealkylation sites (tertiary alicyclic amines) is 1. The Balaban J connectivity index is 1.88. The van der Waals surface area contributed by atoms with Gasteiger partial charge in [0.05, 0.1) is 5.69 Å². The summed E-state index contributed by atoms with van der Waals surface area (Å²) in [6.07, 6.45) is 2.26. The van der Waals surface area contributed by atoms with Gasteiger partial charge in [0.25, 0.3) is 0 Å². The van der Waals surface area contributed by atoms with Crippen LogP contribution in [0.5, 0.6) is 0 Å². The number of benzene rings is 1. The molecule has 2 aliphatic rings. The third-order valence-electron chi connectivity index (χ3n) is 3.84. The monoisotopic (exact) mass is 302 g/mol. The summed E-state index contributed by atoms with van der Waals surface area (Å²) in [6, 6.07) is 10.1. The summed E-state index contributed by atoms with van der Waals surface area (Å²) in [5.74, 6) is 4.37. The fourth-order valence-corrected chi connectivity index (χ4v) is 3.50. The van der Waals surface area contributed by atoms with Crippen LogP contribution >= 0.6 is 11.8 Å². The van der Waals surface area contributed by atoms with Gasteiger partial charge in [-0.05, 0) is 18.6 Å². The van der Waals surface area contributed by atoms with Gasteiger partial charge in [-0.15, -0.1) is 0 Å². The molecule has 3 rings (SSSR count). The lowest BCUT2D eigenvalue weighted by Gasteiger charge is -2.28. The number of nitrogens with zero attached hydrogens (tertiary/aromatic N) is 4. The zero-order valence-corrected chi connectivity index (χ0v) is 13.4. The molecule has 21 heavy (non-hydrogen) atoms. The maximum Gasteiger partial charge on any atom is 0.227 e. The number of guanidine groups is 1. The fourth-order valence-electron chi connectivity index (χ4n) is 2.60. The van der Waals surface area contributed by atoms with E-state index in [2.05, 4.69) is 16.8 Å². The van der Waals surface area contributed by atoms with Crippen LogP contribution < -0.4 is 0 Å². The van der Waals surface area contributed by atoms with Crippen LogP contribution in [0.1, 0.15) is 12.8 Å². The predicted octanol–water partition coefficient (Wildman–Crippen LogP) is 2.85. The van der Waals surface area contributed by atoms with Gasteiger partial charge in [0, 0.05) is 44.6 Å². The lowest BCUT2D eigenvalue weighted by molar-refractivity contribution is 0.457. The summed E-state index contributed by atoms with van der Waals surface area (Å²) in [5.41, 5.74) is 0.982. The first-order chi connectivity index (χ1) is 10.3. The smallest absolute Gasteiger partial charge is 0.227 e. The Morgan fingerprint density at radius 1 is 1.10 bits per heavy atom. The highest BCUT2D eigenvalue weighted by molar-refractivity contribution is 7.99. The van der Waals surface area contributed by atoms with Crippen LogP contribution in [0, 0.1) is 0 Å². The second-order valence-electron chi connectivity index (χ2n) is 5.40. The van der Waals surface area contributed by atoms with Crippen molar-refractivity contribution in [2.75, 3.05) is 38.2 Å². The van der Waals surface area contributed by atoms with Crippen molar-refractivity contribution in [3.8, 4) is 0 Å². The molecule has 2 aliphatic heterocycles. The number of aliphatic imine (C=N–C) groups is 2. The number of thioether (sulfide) groups is 1. The molecule has 4 nitrogen and oxygen atoms in total. The van der Waals surface area contributed by atoms with E-state index in [1.165, 1.54) is 12.3 Å². The zero-order chi connectivity index (χ0) is 14.5. The number of hydrogen-bond acceptors (Lipinski definition) is 2. The Morgan fingerprint density at radius 3 is 2.52 bits per heavy atom. The molecule has 1 aromatic carbocycles. The van der Waals surface area contributed by atoms with Crippen LogP contribution in [0.4, 0.5) is 5.69 Å². The predicted molar refractivity (Wildman–Crippen MR) is 91.7 cm³/mol. The summed E-state index contributed by atoms with van der Waals surface area (Å²) in [6.45, 7) is 3.18. The molecule has 0 amide bonds. The molecule has 5 heteroatoms. The maximum atomic E-state index is 4.88. The van der Waals surface area contributed by atoms with Crippen LogP contribution in [0.15, 0.2) is 40.3 Å². The van der Waals surface area contributed by atoms with E-state index in [9.17, 15) is 0 Å². The van der Waals surface area contributed by atoms with E-state index >= 15 is 0 Å². The molecule has 2 heterocycles. The highest BCUT2D eigenvalue weighted by atomic mass is 32.2. The molecule has 2 fully saturated rings. The Bertz CT molecular complexity index is 520. The molecule has 0 radical (unpaired) electrons. The first-order valence-corrected chi connectivity index (χ1v) is 8.73. The Labute approximate surface area is 131 Å². The Morgan fingerprint density at radius 2 is 1.86 bits per heavy atom. The standard InChI is InChI=1S/C16H22N4S/c1-19-9-5-8-15(19)18-16(20-10-12-21-13-11-20)17-14-6-3-2-4-7-14/h2-4,6-7H,5,8-13H2,1H3. The summed E-state index contributed by atoms with van der Waals surface area (Å²) >= 11 is 2.01. The molecule has 0 aliphatic carbocycles. The van der Waals surface area contributed by atoms with Gasteiger partial charge in [0.1, 0.15) is 5.84 Å². The molecule has 0 spiro atoms. The topological polar surface area (TPSA) is 31.2 Å². The number of para-hydroxylation sites is 1. The summed E-state index contributed by atoms with van der Waals surface area (Å²) in [5, 5.41) is 0. The minimum Gasteiger partial charge on any atom is -0.363 e. The van der Waals surface area contributed by atoms with Crippen LogP contribution in [0.3, 0.4) is 0 Å². The van der Waals surface area contributed by atoms with Gasteiger partial charge < -0.3 is 9.80 Å². The highest BCUT2D eigenvalue weighted by Crippen LogP contribution is 2.17. The van der Waals surface area contributed by atoms with Gasteiger partial charge in [-0.3, -0.25) is 0 Å². The van der Waals surface area contributed by atoms with E-state index < -0.39 is 0 Å². The third-order valence-corrected chi connectivity index (χ3v) is 4.79. The second kappa shape index (κ2) is 6.98. The van der Waals surface area contributed by atoms with E-state index in [0.717, 1.165) is 49.2 Å². The van der Waals surface area contributed by atoms with Crippen molar-refractivity contribution in [3.05, 3.63) is 30.3 Å². The van der Waals surface area contributed by atoms with E-state index in [4.69, 9.17) is 9.98 Å². The van der Waals surface area contributed by atoms with Gasteiger partial charge in [0.2, 0.25) is 5.96 Å². The molecular formula is C16H22N4S. The lowest BCUT2D eigenvalue weighted by Crippen LogP contribution is -2.38. The first-order valence-electron chi connectivity index (χ1n) is 7.58. The minimum absolute atomic E-state index is 0.880. The SMILES string of the molecule is CN1CCCC1=NC(=Nc1ccccc1)N1CCSCC1. The normalized spacial score (nSPS) is 22.1. The molecule has 0 N–H and O–H groups in total. The molecule has 0 saturated carbocycles. The average Bonchev–Trinajstić information content (AvgIpc) is 2.94. The van der Waals surface area contributed by atoms with Crippen molar-refractivity contribution < 1.29 is 0 Å². The molecule has 112 valence electrons. The second-order valence-corrected chi connectivity index (χ2v) is 6.62. The van der Waals surface area contributed by atoms with E-state index in [1.807, 2.05) is 42.1 Å². The molecule has 1 aromatic rings. The van der Waals surface area contributed by atoms with E-state index in [0.29, 0.717) is 0 Å². The van der Waals surface area contributed by atoms with Crippen LogP contribution in [0.25, 0.3) is 0 Å². The molecule has 0 aromatic heterocycles. The van der Waals surface area contributed by atoms with Crippen molar-refractivity contribution in [3.63, 3.8) is 0 Å². The van der Waals surface area contributed by atoms with Gasteiger partial charge in [-0.1, -0.05) is 18.2 Å². The van der Waals surface area contributed by atoms with Crippen LogP contribution in [-0.4, -0.2) is 59.8 Å². The summed E-state index contributed by atoms with van der Waals surface area (Å²) in [7, 11) is 2.12. The first kappa shape index (κ1) is 14.4. The Hall–Kier alpha value is -1.49. The highest BCUT2D eigenvalue weighted by Gasteiger charge is 2.19. The zero-order valence-electron chi connectivity index (χ0n) is 12.5. The largest absolute Gasteiger partial charge is 0.363 e. The van der Waals surface area contributed by atoms with Crippen molar-refractivity contribution >= 4 is 29.2 Å². The van der Waals surface area contributed by atoms with Gasteiger partial charge in [-0.2, -0.15) is 16.8 Å². The van der Waals surface area contributed by atoms with Crippen molar-refractivity contribution in [2.24, 2.45) is 9.98 Å². The molecule has 2 saturated heterocycles. The van der Waals surface area contributed by atoms with Crippen LogP contribution in [-0.2, 0) is 0 Å². The fraction of sp³-hybridized carbons (Fsp3) is 0.500. The summed E-state index contributed by atoms with van der Waals surface area (Å²) < 4.78 is 0. The minimum atomic E-state index is 0.880.